The average molecular weight is 346 g/mol. The van der Waals surface area contributed by atoms with Gasteiger partial charge in [-0.2, -0.15) is 15.0 Å². The van der Waals surface area contributed by atoms with E-state index in [0.717, 1.165) is 11.0 Å². The fraction of sp³-hybridized carbons (Fsp3) is 0.533. The van der Waals surface area contributed by atoms with Gasteiger partial charge in [-0.3, -0.25) is 0 Å². The minimum atomic E-state index is -0.0196. The molecule has 9 heteroatoms. The highest BCUT2D eigenvalue weighted by atomic mass is 32.2. The van der Waals surface area contributed by atoms with Crippen molar-refractivity contribution in [1.29, 1.82) is 0 Å². The molecule has 2 N–H and O–H groups in total. The van der Waals surface area contributed by atoms with Gasteiger partial charge < -0.3 is 15.2 Å². The highest BCUT2D eigenvalue weighted by Crippen LogP contribution is 2.41. The molecule has 0 radical (unpaired) electrons. The first-order chi connectivity index (χ1) is 11.5. The number of hydrogen-bond donors (Lipinski definition) is 1. The first kappa shape index (κ1) is 16.7. The number of nitrogen functional groups attached to an aromatic ring is 1. The maximum Gasteiger partial charge on any atom is 0.229 e. The van der Waals surface area contributed by atoms with Crippen LogP contribution in [0.2, 0.25) is 0 Å². The maximum absolute atomic E-state index is 5.81. The van der Waals surface area contributed by atoms with Crippen molar-refractivity contribution < 1.29 is 0 Å². The molecule has 1 atom stereocenters. The van der Waals surface area contributed by atoms with Gasteiger partial charge >= 0.3 is 0 Å². The van der Waals surface area contributed by atoms with Gasteiger partial charge in [-0.05, 0) is 19.8 Å². The summed E-state index contributed by atoms with van der Waals surface area (Å²) in [7, 11) is 3.75. The molecule has 0 spiro atoms. The van der Waals surface area contributed by atoms with Crippen LogP contribution in [0.3, 0.4) is 0 Å². The van der Waals surface area contributed by atoms with Crippen LogP contribution in [0.1, 0.15) is 42.6 Å². The van der Waals surface area contributed by atoms with Gasteiger partial charge in [0.1, 0.15) is 11.6 Å². The molecule has 0 saturated heterocycles. The van der Waals surface area contributed by atoms with Crippen molar-refractivity contribution >= 4 is 23.7 Å². The Bertz CT molecular complexity index is 737. The summed E-state index contributed by atoms with van der Waals surface area (Å²) in [6.45, 7) is 6.57. The van der Waals surface area contributed by atoms with Crippen LogP contribution in [0.25, 0.3) is 0 Å². The second-order valence-corrected chi connectivity index (χ2v) is 7.33. The quantitative estimate of drug-likeness (QED) is 0.600. The van der Waals surface area contributed by atoms with Crippen LogP contribution >= 0.6 is 11.8 Å². The molecule has 2 heterocycles. The molecule has 128 valence electrons. The lowest BCUT2D eigenvalue weighted by Gasteiger charge is -2.15. The fourth-order valence-corrected chi connectivity index (χ4v) is 3.23. The molecule has 0 bridgehead atoms. The Labute approximate surface area is 145 Å². The lowest BCUT2D eigenvalue weighted by molar-refractivity contribution is 0.679. The van der Waals surface area contributed by atoms with E-state index >= 15 is 0 Å². The molecule has 0 aliphatic heterocycles. The molecular weight excluding hydrogens is 324 g/mol. The summed E-state index contributed by atoms with van der Waals surface area (Å²) in [5, 5.41) is 9.56. The Hall–Kier alpha value is -2.16. The zero-order chi connectivity index (χ0) is 17.3. The Morgan fingerprint density at radius 2 is 2.08 bits per heavy atom. The van der Waals surface area contributed by atoms with E-state index in [0.29, 0.717) is 24.2 Å². The molecule has 1 unspecified atom stereocenters. The molecule has 2 aromatic heterocycles. The number of hydrogen-bond acceptors (Lipinski definition) is 8. The van der Waals surface area contributed by atoms with Crippen LogP contribution in [-0.2, 0) is 6.54 Å². The normalized spacial score (nSPS) is 15.3. The van der Waals surface area contributed by atoms with Crippen molar-refractivity contribution in [3.8, 4) is 0 Å². The van der Waals surface area contributed by atoms with Crippen LogP contribution < -0.4 is 10.6 Å². The Kier molecular flexibility index (Phi) is 4.70. The summed E-state index contributed by atoms with van der Waals surface area (Å²) in [6.07, 6.45) is 4.24. The summed E-state index contributed by atoms with van der Waals surface area (Å²) in [6, 6.07) is 0. The number of aromatic nitrogens is 6. The van der Waals surface area contributed by atoms with Crippen molar-refractivity contribution in [3.05, 3.63) is 24.3 Å². The van der Waals surface area contributed by atoms with Crippen LogP contribution in [0.4, 0.5) is 11.9 Å². The molecule has 1 aliphatic carbocycles. The average Bonchev–Trinajstić information content (AvgIpc) is 3.31. The zero-order valence-electron chi connectivity index (χ0n) is 14.2. The van der Waals surface area contributed by atoms with Crippen LogP contribution in [0.15, 0.2) is 17.8 Å². The summed E-state index contributed by atoms with van der Waals surface area (Å²) in [5.41, 5.74) is 5.81. The van der Waals surface area contributed by atoms with E-state index in [1.807, 2.05) is 32.0 Å². The maximum atomic E-state index is 5.81. The second-order valence-electron chi connectivity index (χ2n) is 6.02. The third-order valence-corrected chi connectivity index (χ3v) is 4.78. The number of nitrogens with two attached hydrogens (primary N) is 1. The minimum Gasteiger partial charge on any atom is -0.368 e. The zero-order valence-corrected chi connectivity index (χ0v) is 15.0. The van der Waals surface area contributed by atoms with Gasteiger partial charge in [0.25, 0.3) is 0 Å². The number of rotatable bonds is 7. The van der Waals surface area contributed by atoms with Gasteiger partial charge in [-0.15, -0.1) is 16.8 Å². The summed E-state index contributed by atoms with van der Waals surface area (Å²) < 4.78 is 2.13. The topological polar surface area (TPSA) is 98.6 Å². The second kappa shape index (κ2) is 6.76. The SMILES string of the molecule is C=CCn1c(SC(C)c2nc(N)nc(N(C)C)n2)nnc1C1CC1. The van der Waals surface area contributed by atoms with Crippen LogP contribution in [0.5, 0.6) is 0 Å². The molecule has 2 aromatic rings. The van der Waals surface area contributed by atoms with Crippen molar-refractivity contribution in [2.45, 2.75) is 42.6 Å². The van der Waals surface area contributed by atoms with E-state index in [1.54, 1.807) is 11.8 Å². The van der Waals surface area contributed by atoms with E-state index in [4.69, 9.17) is 5.73 Å². The molecule has 0 amide bonds. The Balaban J connectivity index is 1.84. The molecular formula is C15H22N8S. The summed E-state index contributed by atoms with van der Waals surface area (Å²) >= 11 is 1.57. The van der Waals surface area contributed by atoms with E-state index in [9.17, 15) is 0 Å². The number of anilines is 2. The highest BCUT2D eigenvalue weighted by Gasteiger charge is 2.30. The third-order valence-electron chi connectivity index (χ3n) is 3.70. The van der Waals surface area contributed by atoms with Gasteiger partial charge in [-0.25, -0.2) is 0 Å². The van der Waals surface area contributed by atoms with Crippen LogP contribution in [-0.4, -0.2) is 43.8 Å². The first-order valence-corrected chi connectivity index (χ1v) is 8.77. The van der Waals surface area contributed by atoms with E-state index in [-0.39, 0.29) is 11.2 Å². The monoisotopic (exact) mass is 346 g/mol. The smallest absolute Gasteiger partial charge is 0.229 e. The summed E-state index contributed by atoms with van der Waals surface area (Å²) in [4.78, 5) is 14.7. The first-order valence-electron chi connectivity index (χ1n) is 7.89. The predicted molar refractivity (Wildman–Crippen MR) is 95.0 cm³/mol. The van der Waals surface area contributed by atoms with E-state index < -0.39 is 0 Å². The predicted octanol–water partition coefficient (Wildman–Crippen LogP) is 2.03. The fourth-order valence-electron chi connectivity index (χ4n) is 2.32. The van der Waals surface area contributed by atoms with Gasteiger partial charge in [0.2, 0.25) is 11.9 Å². The third kappa shape index (κ3) is 3.50. The molecule has 8 nitrogen and oxygen atoms in total. The van der Waals surface area contributed by atoms with Crippen molar-refractivity contribution in [3.63, 3.8) is 0 Å². The lowest BCUT2D eigenvalue weighted by atomic mass is 10.4. The molecule has 1 saturated carbocycles. The number of allylic oxidation sites excluding steroid dienone is 1. The Morgan fingerprint density at radius 1 is 1.33 bits per heavy atom. The van der Waals surface area contributed by atoms with E-state index in [1.165, 1.54) is 12.8 Å². The number of thioether (sulfide) groups is 1. The summed E-state index contributed by atoms with van der Waals surface area (Å²) in [5.74, 6) is 3.00. The molecule has 1 aliphatic rings. The molecule has 3 rings (SSSR count). The molecule has 0 aromatic carbocycles. The van der Waals surface area contributed by atoms with Crippen molar-refractivity contribution in [2.24, 2.45) is 0 Å². The highest BCUT2D eigenvalue weighted by molar-refractivity contribution is 7.99. The lowest BCUT2D eigenvalue weighted by Crippen LogP contribution is -2.16. The van der Waals surface area contributed by atoms with Crippen molar-refractivity contribution in [2.75, 3.05) is 24.7 Å². The minimum absolute atomic E-state index is 0.0196. The standard InChI is InChI=1S/C15H22N8S/c1-5-8-23-12(10-6-7-10)20-21-15(23)24-9(2)11-17-13(16)19-14(18-11)22(3)4/h5,9-10H,1,6-8H2,2-4H3,(H2,16,17,18,19). The van der Waals surface area contributed by atoms with E-state index in [2.05, 4.69) is 36.3 Å². The van der Waals surface area contributed by atoms with Crippen molar-refractivity contribution in [1.82, 2.24) is 29.7 Å². The Morgan fingerprint density at radius 3 is 2.71 bits per heavy atom. The van der Waals surface area contributed by atoms with Crippen LogP contribution in [0, 0.1) is 0 Å². The van der Waals surface area contributed by atoms with Gasteiger partial charge in [0, 0.05) is 26.6 Å². The molecule has 24 heavy (non-hydrogen) atoms. The van der Waals surface area contributed by atoms with Gasteiger partial charge in [0.15, 0.2) is 5.16 Å². The largest absolute Gasteiger partial charge is 0.368 e. The van der Waals surface area contributed by atoms with Gasteiger partial charge in [-0.1, -0.05) is 17.8 Å². The molecule has 1 fully saturated rings. The number of nitrogens with zero attached hydrogens (tertiary/aromatic N) is 7. The van der Waals surface area contributed by atoms with Gasteiger partial charge in [0.05, 0.1) is 5.25 Å².